The lowest BCUT2D eigenvalue weighted by Gasteiger charge is -2.06. The zero-order chi connectivity index (χ0) is 14.0. The molecule has 1 heterocycles. The van der Waals surface area contributed by atoms with Crippen molar-refractivity contribution in [1.82, 2.24) is 4.98 Å². The molecule has 7 heteroatoms. The molecule has 1 aromatic heterocycles. The predicted octanol–water partition coefficient (Wildman–Crippen LogP) is 3.74. The minimum Gasteiger partial charge on any atom is -0.259 e. The molecule has 0 aliphatic carbocycles. The Balaban J connectivity index is 2.17. The van der Waals surface area contributed by atoms with Crippen molar-refractivity contribution >= 4 is 48.3 Å². The SMILES string of the molecule is CC(C)CCS(=O)(=O)Nc1nc2ccc(Cl)cc2s1. The quantitative estimate of drug-likeness (QED) is 0.913. The maximum atomic E-state index is 11.9. The Morgan fingerprint density at radius 2 is 2.16 bits per heavy atom. The third kappa shape index (κ3) is 4.06. The third-order valence-electron chi connectivity index (χ3n) is 2.56. The van der Waals surface area contributed by atoms with E-state index in [1.165, 1.54) is 11.3 Å². The molecule has 0 aliphatic heterocycles. The van der Waals surface area contributed by atoms with Gasteiger partial charge < -0.3 is 0 Å². The molecule has 0 spiro atoms. The minimum atomic E-state index is -3.32. The van der Waals surface area contributed by atoms with Crippen LogP contribution in [-0.2, 0) is 10.0 Å². The van der Waals surface area contributed by atoms with Crippen molar-refractivity contribution in [1.29, 1.82) is 0 Å². The lowest BCUT2D eigenvalue weighted by Crippen LogP contribution is -2.17. The van der Waals surface area contributed by atoms with Crippen LogP contribution in [0.5, 0.6) is 0 Å². The molecular formula is C12H15ClN2O2S2. The Bertz CT molecular complexity index is 680. The van der Waals surface area contributed by atoms with Crippen LogP contribution in [0.1, 0.15) is 20.3 Å². The smallest absolute Gasteiger partial charge is 0.234 e. The van der Waals surface area contributed by atoms with Gasteiger partial charge in [0.25, 0.3) is 0 Å². The third-order valence-corrected chi connectivity index (χ3v) is 5.13. The van der Waals surface area contributed by atoms with Crippen molar-refractivity contribution in [3.8, 4) is 0 Å². The zero-order valence-electron chi connectivity index (χ0n) is 10.7. The van der Waals surface area contributed by atoms with Crippen LogP contribution in [0.3, 0.4) is 0 Å². The summed E-state index contributed by atoms with van der Waals surface area (Å²) in [5.41, 5.74) is 0.746. The molecule has 4 nitrogen and oxygen atoms in total. The second kappa shape index (κ2) is 5.64. The summed E-state index contributed by atoms with van der Waals surface area (Å²) in [7, 11) is -3.32. The lowest BCUT2D eigenvalue weighted by atomic mass is 10.2. The van der Waals surface area contributed by atoms with Gasteiger partial charge >= 0.3 is 0 Å². The van der Waals surface area contributed by atoms with Crippen molar-refractivity contribution in [3.63, 3.8) is 0 Å². The van der Waals surface area contributed by atoms with E-state index < -0.39 is 10.0 Å². The van der Waals surface area contributed by atoms with Gasteiger partial charge in [0.15, 0.2) is 5.13 Å². The molecule has 0 amide bonds. The number of nitrogens with one attached hydrogen (secondary N) is 1. The van der Waals surface area contributed by atoms with E-state index in [0.29, 0.717) is 22.5 Å². The summed E-state index contributed by atoms with van der Waals surface area (Å²) in [5.74, 6) is 0.465. The average molecular weight is 319 g/mol. The molecule has 1 N–H and O–H groups in total. The number of halogens is 1. The first kappa shape index (κ1) is 14.6. The van der Waals surface area contributed by atoms with E-state index in [-0.39, 0.29) is 5.75 Å². The number of aromatic nitrogens is 1. The molecular weight excluding hydrogens is 304 g/mol. The van der Waals surface area contributed by atoms with E-state index in [1.54, 1.807) is 18.2 Å². The summed E-state index contributed by atoms with van der Waals surface area (Å²) in [4.78, 5) is 4.24. The molecule has 0 unspecified atom stereocenters. The van der Waals surface area contributed by atoms with E-state index in [1.807, 2.05) is 13.8 Å². The van der Waals surface area contributed by atoms with Crippen LogP contribution in [0.2, 0.25) is 5.02 Å². The Labute approximate surface area is 121 Å². The Morgan fingerprint density at radius 3 is 2.84 bits per heavy atom. The number of hydrogen-bond acceptors (Lipinski definition) is 4. The number of hydrogen-bond donors (Lipinski definition) is 1. The highest BCUT2D eigenvalue weighted by Crippen LogP contribution is 2.28. The molecule has 0 atom stereocenters. The van der Waals surface area contributed by atoms with Crippen LogP contribution in [0.25, 0.3) is 10.2 Å². The zero-order valence-corrected chi connectivity index (χ0v) is 13.1. The highest BCUT2D eigenvalue weighted by Gasteiger charge is 2.14. The molecule has 0 bridgehead atoms. The summed E-state index contributed by atoms with van der Waals surface area (Å²) in [6, 6.07) is 5.29. The fraction of sp³-hybridized carbons (Fsp3) is 0.417. The Hall–Kier alpha value is -0.850. The standard InChI is InChI=1S/C12H15ClN2O2S2/c1-8(2)5-6-19(16,17)15-12-14-10-4-3-9(13)7-11(10)18-12/h3-4,7-8H,5-6H2,1-2H3,(H,14,15). The molecule has 1 aromatic carbocycles. The maximum Gasteiger partial charge on any atom is 0.234 e. The van der Waals surface area contributed by atoms with Crippen molar-refractivity contribution in [2.75, 3.05) is 10.5 Å². The van der Waals surface area contributed by atoms with E-state index in [4.69, 9.17) is 11.6 Å². The topological polar surface area (TPSA) is 59.1 Å². The van der Waals surface area contributed by atoms with Crippen LogP contribution >= 0.6 is 22.9 Å². The number of anilines is 1. The van der Waals surface area contributed by atoms with Gasteiger partial charge in [-0.15, -0.1) is 0 Å². The van der Waals surface area contributed by atoms with Crippen molar-refractivity contribution in [2.45, 2.75) is 20.3 Å². The number of sulfonamides is 1. The molecule has 19 heavy (non-hydrogen) atoms. The Morgan fingerprint density at radius 1 is 1.42 bits per heavy atom. The van der Waals surface area contributed by atoms with Gasteiger partial charge in [0.05, 0.1) is 16.0 Å². The van der Waals surface area contributed by atoms with E-state index in [9.17, 15) is 8.42 Å². The van der Waals surface area contributed by atoms with E-state index in [2.05, 4.69) is 9.71 Å². The Kier molecular flexibility index (Phi) is 4.32. The van der Waals surface area contributed by atoms with Crippen molar-refractivity contribution in [3.05, 3.63) is 23.2 Å². The summed E-state index contributed by atoms with van der Waals surface area (Å²) in [6.07, 6.45) is 0.631. The van der Waals surface area contributed by atoms with Crippen molar-refractivity contribution < 1.29 is 8.42 Å². The van der Waals surface area contributed by atoms with Gasteiger partial charge in [-0.3, -0.25) is 4.72 Å². The first-order valence-corrected chi connectivity index (χ1v) is 8.77. The van der Waals surface area contributed by atoms with Crippen molar-refractivity contribution in [2.24, 2.45) is 5.92 Å². The summed E-state index contributed by atoms with van der Waals surface area (Å²) < 4.78 is 27.1. The number of fused-ring (bicyclic) bond motifs is 1. The van der Waals surface area contributed by atoms with Crippen LogP contribution < -0.4 is 4.72 Å². The van der Waals surface area contributed by atoms with Gasteiger partial charge in [0.1, 0.15) is 0 Å². The van der Waals surface area contributed by atoms with Crippen LogP contribution in [0.15, 0.2) is 18.2 Å². The minimum absolute atomic E-state index is 0.112. The molecule has 0 saturated heterocycles. The summed E-state index contributed by atoms with van der Waals surface area (Å²) in [5, 5.41) is 1.01. The van der Waals surface area contributed by atoms with Gasteiger partial charge in [-0.2, -0.15) is 0 Å². The van der Waals surface area contributed by atoms with Crippen LogP contribution in [0.4, 0.5) is 5.13 Å². The molecule has 0 fully saturated rings. The highest BCUT2D eigenvalue weighted by atomic mass is 35.5. The number of rotatable bonds is 5. The van der Waals surface area contributed by atoms with Gasteiger partial charge in [0.2, 0.25) is 10.0 Å². The summed E-state index contributed by atoms with van der Waals surface area (Å²) >= 11 is 7.17. The number of benzene rings is 1. The molecule has 104 valence electrons. The van der Waals surface area contributed by atoms with Gasteiger partial charge in [0, 0.05) is 5.02 Å². The monoisotopic (exact) mass is 318 g/mol. The number of nitrogens with zero attached hydrogens (tertiary/aromatic N) is 1. The number of thiazole rings is 1. The van der Waals surface area contributed by atoms with Gasteiger partial charge in [-0.25, -0.2) is 13.4 Å². The van der Waals surface area contributed by atoms with Crippen LogP contribution in [0, 0.1) is 5.92 Å². The van der Waals surface area contributed by atoms with Gasteiger partial charge in [-0.1, -0.05) is 36.8 Å². The molecule has 0 aliphatic rings. The average Bonchev–Trinajstić information content (AvgIpc) is 2.67. The van der Waals surface area contributed by atoms with Gasteiger partial charge in [-0.05, 0) is 30.5 Å². The second-order valence-electron chi connectivity index (χ2n) is 4.73. The fourth-order valence-corrected chi connectivity index (χ4v) is 4.25. The predicted molar refractivity (Wildman–Crippen MR) is 81.5 cm³/mol. The van der Waals surface area contributed by atoms with E-state index >= 15 is 0 Å². The second-order valence-corrected chi connectivity index (χ2v) is 8.04. The largest absolute Gasteiger partial charge is 0.259 e. The maximum absolute atomic E-state index is 11.9. The molecule has 0 saturated carbocycles. The lowest BCUT2D eigenvalue weighted by molar-refractivity contribution is 0.578. The molecule has 0 radical (unpaired) electrons. The summed E-state index contributed by atoms with van der Waals surface area (Å²) in [6.45, 7) is 3.99. The normalized spacial score (nSPS) is 12.2. The van der Waals surface area contributed by atoms with E-state index in [0.717, 1.165) is 10.2 Å². The highest BCUT2D eigenvalue weighted by molar-refractivity contribution is 7.92. The molecule has 2 aromatic rings. The first-order chi connectivity index (χ1) is 8.85. The fourth-order valence-electron chi connectivity index (χ4n) is 1.52. The molecule has 2 rings (SSSR count). The van der Waals surface area contributed by atoms with Crippen LogP contribution in [-0.4, -0.2) is 19.2 Å². The first-order valence-electron chi connectivity index (χ1n) is 5.92.